The predicted molar refractivity (Wildman–Crippen MR) is 168 cm³/mol. The molecule has 0 saturated carbocycles. The molecule has 1 N–H and O–H groups in total. The van der Waals surface area contributed by atoms with Crippen molar-refractivity contribution in [3.05, 3.63) is 35.7 Å². The molecule has 3 aromatic rings. The van der Waals surface area contributed by atoms with Crippen LogP contribution in [0, 0.1) is 0 Å². The van der Waals surface area contributed by atoms with Crippen molar-refractivity contribution in [2.45, 2.75) is 25.7 Å². The summed E-state index contributed by atoms with van der Waals surface area (Å²) in [6.45, 7) is 5.60. The molecule has 0 radical (unpaired) electrons. The van der Waals surface area contributed by atoms with E-state index < -0.39 is 38.0 Å². The van der Waals surface area contributed by atoms with Gasteiger partial charge in [0, 0.05) is 51.7 Å². The minimum Gasteiger partial charge on any atom is -0.453 e. The molecule has 2 aliphatic rings. The van der Waals surface area contributed by atoms with Gasteiger partial charge in [-0.1, -0.05) is 0 Å². The number of fused-ring (bicyclic) bond motifs is 1. The molecule has 3 aromatic heterocycles. The molecule has 16 nitrogen and oxygen atoms in total. The Morgan fingerprint density at radius 3 is 2.31 bits per heavy atom. The number of ether oxygens (including phenoxy) is 2. The average molecular weight is 723 g/mol. The maximum Gasteiger partial charge on any atom is 0.417 e. The maximum atomic E-state index is 14.2. The van der Waals surface area contributed by atoms with Crippen LogP contribution in [-0.4, -0.2) is 130 Å². The van der Waals surface area contributed by atoms with Gasteiger partial charge in [0.25, 0.3) is 10.1 Å². The number of halogens is 3. The Kier molecular flexibility index (Phi) is 11.5. The molecule has 48 heavy (non-hydrogen) atoms. The highest BCUT2D eigenvalue weighted by Gasteiger charge is 2.36. The summed E-state index contributed by atoms with van der Waals surface area (Å²) in [5.41, 5.74) is 0.0421. The number of morpholine rings is 1. The number of carbonyl (C=O) groups is 1. The van der Waals surface area contributed by atoms with E-state index in [0.717, 1.165) is 32.2 Å². The molecular formula is C27H37F3N8O8S2. The van der Waals surface area contributed by atoms with Crippen LogP contribution in [0.5, 0.6) is 0 Å². The van der Waals surface area contributed by atoms with Gasteiger partial charge in [-0.25, -0.2) is 27.7 Å². The van der Waals surface area contributed by atoms with Crippen molar-refractivity contribution >= 4 is 43.4 Å². The number of sulfonamides is 1. The summed E-state index contributed by atoms with van der Waals surface area (Å²) in [5, 5.41) is 6.61. The summed E-state index contributed by atoms with van der Waals surface area (Å²) >= 11 is 0. The summed E-state index contributed by atoms with van der Waals surface area (Å²) in [7, 11) is -4.22. The van der Waals surface area contributed by atoms with Gasteiger partial charge in [-0.05, 0) is 24.6 Å². The van der Waals surface area contributed by atoms with E-state index in [1.807, 2.05) is 17.9 Å². The second kappa shape index (κ2) is 14.9. The Labute approximate surface area is 275 Å². The standard InChI is InChI=1S/C25H31F3N8O5S.C2H6O3S/c1-16-15-41-9-8-35(16)23-20-10-17(13-33-4-6-34(7-5-33)42(3,38)39)14-36(20)32-22(31-23)18-12-29-21(30-24(37)40-2)11-19(18)25(26,27)28;1-5-6(2,3)4/h10-12,14,16H,4-9,13,15H2,1-3H3,(H,29,30,37);1-2H3/t16-;/m0./s1. The molecule has 0 unspecified atom stereocenters. The number of amides is 1. The number of hydrogen-bond donors (Lipinski definition) is 1. The Bertz CT molecular complexity index is 1830. The van der Waals surface area contributed by atoms with Crippen molar-refractivity contribution in [2.75, 3.05) is 82.9 Å². The van der Waals surface area contributed by atoms with Crippen molar-refractivity contribution < 1.29 is 48.5 Å². The van der Waals surface area contributed by atoms with E-state index in [4.69, 9.17) is 4.74 Å². The van der Waals surface area contributed by atoms with Crippen LogP contribution in [0.2, 0.25) is 0 Å². The lowest BCUT2D eigenvalue weighted by atomic mass is 10.1. The third-order valence-corrected chi connectivity index (χ3v) is 9.42. The maximum absolute atomic E-state index is 14.2. The number of anilines is 2. The molecule has 0 aliphatic carbocycles. The first-order valence-electron chi connectivity index (χ1n) is 14.5. The van der Waals surface area contributed by atoms with E-state index in [2.05, 4.69) is 34.2 Å². The monoisotopic (exact) mass is 722 g/mol. The zero-order chi connectivity index (χ0) is 35.4. The van der Waals surface area contributed by atoms with Crippen LogP contribution < -0.4 is 10.2 Å². The van der Waals surface area contributed by atoms with Gasteiger partial charge in [0.05, 0.1) is 57.1 Å². The second-order valence-electron chi connectivity index (χ2n) is 11.1. The lowest BCUT2D eigenvalue weighted by molar-refractivity contribution is -0.137. The predicted octanol–water partition coefficient (Wildman–Crippen LogP) is 1.88. The van der Waals surface area contributed by atoms with Gasteiger partial charge in [0.2, 0.25) is 10.0 Å². The molecule has 0 spiro atoms. The van der Waals surface area contributed by atoms with Crippen LogP contribution in [0.3, 0.4) is 0 Å². The number of alkyl halides is 3. The zero-order valence-electron chi connectivity index (χ0n) is 26.9. The third kappa shape index (κ3) is 9.50. The normalized spacial score (nSPS) is 18.3. The van der Waals surface area contributed by atoms with Gasteiger partial charge >= 0.3 is 12.3 Å². The van der Waals surface area contributed by atoms with Gasteiger partial charge in [-0.3, -0.25) is 14.4 Å². The fourth-order valence-corrected chi connectivity index (χ4v) is 5.89. The van der Waals surface area contributed by atoms with Crippen LogP contribution >= 0.6 is 0 Å². The van der Waals surface area contributed by atoms with Crippen molar-refractivity contribution in [2.24, 2.45) is 0 Å². The highest BCUT2D eigenvalue weighted by atomic mass is 32.2. The lowest BCUT2D eigenvalue weighted by Crippen LogP contribution is -2.47. The molecule has 5 rings (SSSR count). The molecule has 1 amide bonds. The fourth-order valence-electron chi connectivity index (χ4n) is 5.06. The van der Waals surface area contributed by atoms with E-state index in [1.165, 1.54) is 15.1 Å². The Balaban J connectivity index is 0.000000794. The first-order chi connectivity index (χ1) is 22.4. The van der Waals surface area contributed by atoms with E-state index in [1.54, 1.807) is 6.20 Å². The molecule has 266 valence electrons. The summed E-state index contributed by atoms with van der Waals surface area (Å²) in [5.74, 6) is -0.0707. The summed E-state index contributed by atoms with van der Waals surface area (Å²) in [4.78, 5) is 24.3. The zero-order valence-corrected chi connectivity index (χ0v) is 28.5. The van der Waals surface area contributed by atoms with E-state index in [9.17, 15) is 34.8 Å². The number of nitrogens with one attached hydrogen (secondary N) is 1. The second-order valence-corrected chi connectivity index (χ2v) is 14.8. The quantitative estimate of drug-likeness (QED) is 0.350. The Hall–Kier alpha value is -3.63. The molecule has 0 bridgehead atoms. The highest BCUT2D eigenvalue weighted by Crippen LogP contribution is 2.38. The van der Waals surface area contributed by atoms with E-state index in [0.29, 0.717) is 69.9 Å². The molecule has 2 fully saturated rings. The number of methoxy groups -OCH3 is 1. The molecule has 21 heteroatoms. The molecule has 2 saturated heterocycles. The summed E-state index contributed by atoms with van der Waals surface area (Å²) < 4.78 is 103. The first kappa shape index (κ1) is 37.2. The van der Waals surface area contributed by atoms with Crippen molar-refractivity contribution in [3.8, 4) is 11.4 Å². The topological polar surface area (TPSA) is 178 Å². The molecular weight excluding hydrogens is 685 g/mol. The van der Waals surface area contributed by atoms with Gasteiger partial charge in [-0.15, -0.1) is 5.10 Å². The van der Waals surface area contributed by atoms with Gasteiger partial charge in [0.15, 0.2) is 11.6 Å². The molecule has 2 aliphatic heterocycles. The van der Waals surface area contributed by atoms with Crippen LogP contribution in [0.25, 0.3) is 16.9 Å². The largest absolute Gasteiger partial charge is 0.453 e. The number of aromatic nitrogens is 4. The van der Waals surface area contributed by atoms with Crippen molar-refractivity contribution in [3.63, 3.8) is 0 Å². The summed E-state index contributed by atoms with van der Waals surface area (Å²) in [6.07, 6.45) is -0.851. The van der Waals surface area contributed by atoms with E-state index in [-0.39, 0.29) is 23.2 Å². The van der Waals surface area contributed by atoms with Crippen LogP contribution in [0.15, 0.2) is 24.5 Å². The molecule has 1 atom stereocenters. The number of nitrogens with zero attached hydrogens (tertiary/aromatic N) is 7. The Morgan fingerprint density at radius 2 is 1.75 bits per heavy atom. The molecule has 5 heterocycles. The minimum absolute atomic E-state index is 0.0976. The fraction of sp³-hybridized carbons (Fsp3) is 0.556. The lowest BCUT2D eigenvalue weighted by Gasteiger charge is -2.34. The SMILES string of the molecule is COC(=O)Nc1cc(C(F)(F)F)c(-c2nc(N3CCOC[C@@H]3C)c3cc(CN4CCN(S(C)(=O)=O)CC4)cn3n2)cn1.COS(C)(=O)=O. The minimum atomic E-state index is -4.80. The number of piperazine rings is 1. The third-order valence-electron chi connectivity index (χ3n) is 7.52. The number of pyridine rings is 1. The van der Waals surface area contributed by atoms with Crippen LogP contribution in [-0.2, 0) is 46.5 Å². The van der Waals surface area contributed by atoms with Gasteiger partial charge in [0.1, 0.15) is 11.3 Å². The van der Waals surface area contributed by atoms with Crippen LogP contribution in [0.4, 0.5) is 29.6 Å². The smallest absolute Gasteiger partial charge is 0.417 e. The molecule has 0 aromatic carbocycles. The number of rotatable bonds is 7. The van der Waals surface area contributed by atoms with Crippen LogP contribution in [0.1, 0.15) is 18.1 Å². The van der Waals surface area contributed by atoms with E-state index >= 15 is 0 Å². The van der Waals surface area contributed by atoms with Gasteiger partial charge < -0.3 is 14.4 Å². The highest BCUT2D eigenvalue weighted by molar-refractivity contribution is 7.88. The number of hydrogen-bond acceptors (Lipinski definition) is 13. The summed E-state index contributed by atoms with van der Waals surface area (Å²) in [6, 6.07) is 2.52. The van der Waals surface area contributed by atoms with Crippen molar-refractivity contribution in [1.29, 1.82) is 0 Å². The van der Waals surface area contributed by atoms with Gasteiger partial charge in [-0.2, -0.15) is 25.9 Å². The average Bonchev–Trinajstić information content (AvgIpc) is 3.42. The Morgan fingerprint density at radius 1 is 1.08 bits per heavy atom. The number of carbonyl (C=O) groups excluding carboxylic acids is 1. The first-order valence-corrected chi connectivity index (χ1v) is 18.2. The van der Waals surface area contributed by atoms with Crippen molar-refractivity contribution in [1.82, 2.24) is 28.8 Å².